The van der Waals surface area contributed by atoms with E-state index in [1.165, 1.54) is 11.8 Å². The summed E-state index contributed by atoms with van der Waals surface area (Å²) in [6, 6.07) is 14.9. The summed E-state index contributed by atoms with van der Waals surface area (Å²) in [4.78, 5) is 17.4. The largest absolute Gasteiger partial charge is 0.506 e. The second-order valence-corrected chi connectivity index (χ2v) is 7.33. The van der Waals surface area contributed by atoms with Crippen molar-refractivity contribution in [3.63, 3.8) is 0 Å². The number of carbonyl (C=O) groups is 1. The van der Waals surface area contributed by atoms with Gasteiger partial charge in [-0.1, -0.05) is 59.3 Å². The molecule has 0 aliphatic carbocycles. The van der Waals surface area contributed by atoms with Gasteiger partial charge in [-0.15, -0.1) is 0 Å². The SMILES string of the molecule is CCOC(=O)C1=C(O)C(=Cc2ccc(C)cc2)SC1=Nc1cccc(Cl)c1. The predicted octanol–water partition coefficient (Wildman–Crippen LogP) is 5.84. The number of hydrogen-bond acceptors (Lipinski definition) is 5. The molecule has 0 fully saturated rings. The third-order valence-corrected chi connectivity index (χ3v) is 5.04. The van der Waals surface area contributed by atoms with E-state index in [2.05, 4.69) is 4.99 Å². The van der Waals surface area contributed by atoms with E-state index in [4.69, 9.17) is 16.3 Å². The van der Waals surface area contributed by atoms with Gasteiger partial charge in [-0.05, 0) is 43.7 Å². The molecule has 0 amide bonds. The van der Waals surface area contributed by atoms with Crippen molar-refractivity contribution in [1.82, 2.24) is 0 Å². The summed E-state index contributed by atoms with van der Waals surface area (Å²) >= 11 is 7.24. The molecule has 0 atom stereocenters. The zero-order chi connectivity index (χ0) is 19.4. The van der Waals surface area contributed by atoms with Crippen LogP contribution in [0.25, 0.3) is 6.08 Å². The van der Waals surface area contributed by atoms with Crippen LogP contribution in [0, 0.1) is 6.92 Å². The van der Waals surface area contributed by atoms with E-state index >= 15 is 0 Å². The Labute approximate surface area is 167 Å². The highest BCUT2D eigenvalue weighted by atomic mass is 35.5. The van der Waals surface area contributed by atoms with Gasteiger partial charge in [0.15, 0.2) is 0 Å². The number of aliphatic hydroxyl groups is 1. The molecule has 1 aliphatic rings. The third kappa shape index (κ3) is 4.62. The molecule has 2 aromatic rings. The second-order valence-electron chi connectivity index (χ2n) is 5.86. The van der Waals surface area contributed by atoms with Gasteiger partial charge in [0.05, 0.1) is 17.2 Å². The van der Waals surface area contributed by atoms with Gasteiger partial charge in [0.2, 0.25) is 0 Å². The Morgan fingerprint density at radius 2 is 2.00 bits per heavy atom. The summed E-state index contributed by atoms with van der Waals surface area (Å²) in [6.07, 6.45) is 1.82. The maximum atomic E-state index is 12.4. The van der Waals surface area contributed by atoms with E-state index in [1.807, 2.05) is 37.3 Å². The van der Waals surface area contributed by atoms with Gasteiger partial charge < -0.3 is 9.84 Å². The standard InChI is InChI=1S/C21H18ClNO3S/c1-3-26-21(25)18-19(24)17(11-14-9-7-13(2)8-10-14)27-20(18)23-16-6-4-5-15(22)12-16/h4-12,24H,3H2,1-2H3. The Kier molecular flexibility index (Phi) is 6.04. The Morgan fingerprint density at radius 1 is 1.26 bits per heavy atom. The Balaban J connectivity index is 2.03. The highest BCUT2D eigenvalue weighted by molar-refractivity contribution is 8.18. The number of benzene rings is 2. The van der Waals surface area contributed by atoms with Crippen LogP contribution in [0.5, 0.6) is 0 Å². The van der Waals surface area contributed by atoms with E-state index in [-0.39, 0.29) is 17.9 Å². The molecule has 2 aromatic carbocycles. The zero-order valence-electron chi connectivity index (χ0n) is 14.9. The number of hydrogen-bond donors (Lipinski definition) is 1. The number of aryl methyl sites for hydroxylation is 1. The third-order valence-electron chi connectivity index (χ3n) is 3.78. The number of thioether (sulfide) groups is 1. The van der Waals surface area contributed by atoms with Gasteiger partial charge in [-0.3, -0.25) is 0 Å². The second kappa shape index (κ2) is 8.46. The summed E-state index contributed by atoms with van der Waals surface area (Å²) in [5.74, 6) is -0.726. The predicted molar refractivity (Wildman–Crippen MR) is 112 cm³/mol. The Hall–Kier alpha value is -2.50. The van der Waals surface area contributed by atoms with E-state index < -0.39 is 5.97 Å². The fourth-order valence-electron chi connectivity index (χ4n) is 2.47. The van der Waals surface area contributed by atoms with Gasteiger partial charge in [0, 0.05) is 5.02 Å². The summed E-state index contributed by atoms with van der Waals surface area (Å²) in [6.45, 7) is 3.93. The first-order valence-corrected chi connectivity index (χ1v) is 9.59. The minimum Gasteiger partial charge on any atom is -0.506 e. The van der Waals surface area contributed by atoms with E-state index in [1.54, 1.807) is 31.2 Å². The van der Waals surface area contributed by atoms with E-state index in [0.717, 1.165) is 11.1 Å². The summed E-state index contributed by atoms with van der Waals surface area (Å²) in [7, 11) is 0. The van der Waals surface area contributed by atoms with Crippen molar-refractivity contribution in [2.24, 2.45) is 4.99 Å². The molecule has 0 spiro atoms. The van der Waals surface area contributed by atoms with Crippen LogP contribution in [0.3, 0.4) is 0 Å². The molecular formula is C21H18ClNO3S. The number of esters is 1. The normalized spacial score (nSPS) is 17.0. The lowest BCUT2D eigenvalue weighted by molar-refractivity contribution is -0.138. The van der Waals surface area contributed by atoms with Gasteiger partial charge in [0.25, 0.3) is 0 Å². The molecule has 0 saturated carbocycles. The summed E-state index contributed by atoms with van der Waals surface area (Å²) < 4.78 is 5.10. The van der Waals surface area contributed by atoms with E-state index in [0.29, 0.717) is 20.7 Å². The molecular weight excluding hydrogens is 382 g/mol. The number of aliphatic imine (C=N–C) groups is 1. The minimum atomic E-state index is -0.601. The minimum absolute atomic E-state index is 0.0696. The highest BCUT2D eigenvalue weighted by Gasteiger charge is 2.33. The van der Waals surface area contributed by atoms with Crippen LogP contribution in [-0.2, 0) is 9.53 Å². The van der Waals surface area contributed by atoms with Gasteiger partial charge in [-0.2, -0.15) is 0 Å². The zero-order valence-corrected chi connectivity index (χ0v) is 16.5. The number of carbonyl (C=O) groups excluding carboxylic acids is 1. The summed E-state index contributed by atoms with van der Waals surface area (Å²) in [5, 5.41) is 11.6. The Morgan fingerprint density at radius 3 is 2.67 bits per heavy atom. The highest BCUT2D eigenvalue weighted by Crippen LogP contribution is 2.40. The molecule has 6 heteroatoms. The number of aliphatic hydroxyl groups excluding tert-OH is 1. The van der Waals surface area contributed by atoms with Crippen LogP contribution in [0.1, 0.15) is 18.1 Å². The topological polar surface area (TPSA) is 58.9 Å². The van der Waals surface area contributed by atoms with Crippen molar-refractivity contribution >= 4 is 46.1 Å². The van der Waals surface area contributed by atoms with Crippen LogP contribution in [0.15, 0.2) is 69.8 Å². The van der Waals surface area contributed by atoms with E-state index in [9.17, 15) is 9.90 Å². The Bertz CT molecular complexity index is 962. The van der Waals surface area contributed by atoms with Crippen molar-refractivity contribution in [2.75, 3.05) is 6.61 Å². The lowest BCUT2D eigenvalue weighted by Gasteiger charge is -2.04. The molecule has 1 heterocycles. The molecule has 0 aromatic heterocycles. The van der Waals surface area contributed by atoms with Crippen molar-refractivity contribution in [2.45, 2.75) is 13.8 Å². The van der Waals surface area contributed by atoms with Crippen LogP contribution in [0.4, 0.5) is 5.69 Å². The first-order chi connectivity index (χ1) is 13.0. The fourth-order valence-corrected chi connectivity index (χ4v) is 3.69. The van der Waals surface area contributed by atoms with Crippen molar-refractivity contribution < 1.29 is 14.6 Å². The van der Waals surface area contributed by atoms with Gasteiger partial charge in [0.1, 0.15) is 16.4 Å². The molecule has 0 bridgehead atoms. The van der Waals surface area contributed by atoms with Crippen LogP contribution in [0.2, 0.25) is 5.02 Å². The monoisotopic (exact) mass is 399 g/mol. The molecule has 27 heavy (non-hydrogen) atoms. The first-order valence-electron chi connectivity index (χ1n) is 8.39. The van der Waals surface area contributed by atoms with Crippen molar-refractivity contribution in [1.29, 1.82) is 0 Å². The maximum absolute atomic E-state index is 12.4. The number of halogens is 1. The van der Waals surface area contributed by atoms with Crippen molar-refractivity contribution in [3.8, 4) is 0 Å². The quantitative estimate of drug-likeness (QED) is 0.656. The molecule has 0 saturated heterocycles. The molecule has 1 aliphatic heterocycles. The van der Waals surface area contributed by atoms with Crippen LogP contribution < -0.4 is 0 Å². The molecule has 138 valence electrons. The first kappa shape index (κ1) is 19.3. The number of nitrogens with zero attached hydrogens (tertiary/aromatic N) is 1. The van der Waals surface area contributed by atoms with Crippen LogP contribution in [-0.4, -0.2) is 22.7 Å². The maximum Gasteiger partial charge on any atom is 0.344 e. The smallest absolute Gasteiger partial charge is 0.344 e. The van der Waals surface area contributed by atoms with Gasteiger partial charge >= 0.3 is 5.97 Å². The average molecular weight is 400 g/mol. The molecule has 3 rings (SSSR count). The van der Waals surface area contributed by atoms with Crippen molar-refractivity contribution in [3.05, 3.63) is 80.9 Å². The molecule has 1 N–H and O–H groups in total. The molecule has 4 nitrogen and oxygen atoms in total. The summed E-state index contributed by atoms with van der Waals surface area (Å²) in [5.41, 5.74) is 2.73. The van der Waals surface area contributed by atoms with Crippen LogP contribution >= 0.6 is 23.4 Å². The number of ether oxygens (including phenoxy) is 1. The lowest BCUT2D eigenvalue weighted by atomic mass is 10.1. The lowest BCUT2D eigenvalue weighted by Crippen LogP contribution is -2.12. The van der Waals surface area contributed by atoms with Gasteiger partial charge in [-0.25, -0.2) is 9.79 Å². The molecule has 0 unspecified atom stereocenters. The molecule has 0 radical (unpaired) electrons. The number of rotatable bonds is 4. The fraction of sp³-hybridized carbons (Fsp3) is 0.143. The average Bonchev–Trinajstić information content (AvgIpc) is 2.92.